The number of aromatic nitrogens is 2. The summed E-state index contributed by atoms with van der Waals surface area (Å²) in [5.74, 6) is -0.550. The van der Waals surface area contributed by atoms with Crippen molar-refractivity contribution < 1.29 is 9.50 Å². The first-order valence-corrected chi connectivity index (χ1v) is 4.15. The number of benzene rings is 1. The Hall–Kier alpha value is -1.84. The van der Waals surface area contributed by atoms with Crippen LogP contribution in [0.15, 0.2) is 30.5 Å². The van der Waals surface area contributed by atoms with Crippen molar-refractivity contribution in [3.8, 4) is 17.0 Å². The van der Waals surface area contributed by atoms with E-state index in [1.165, 1.54) is 12.1 Å². The van der Waals surface area contributed by atoms with Crippen molar-refractivity contribution in [1.82, 2.24) is 9.78 Å². The molecule has 3 nitrogen and oxygen atoms in total. The minimum absolute atomic E-state index is 0.0813. The van der Waals surface area contributed by atoms with Crippen molar-refractivity contribution in [1.29, 1.82) is 0 Å². The number of nitrogens with zero attached hydrogens (tertiary/aromatic N) is 2. The van der Waals surface area contributed by atoms with E-state index in [0.29, 0.717) is 11.3 Å². The smallest absolute Gasteiger partial charge is 0.136 e. The summed E-state index contributed by atoms with van der Waals surface area (Å²) in [5, 5.41) is 13.1. The van der Waals surface area contributed by atoms with Crippen LogP contribution in [0.4, 0.5) is 4.39 Å². The molecule has 0 aliphatic carbocycles. The first-order chi connectivity index (χ1) is 6.66. The Bertz CT molecular complexity index is 465. The second-order valence-corrected chi connectivity index (χ2v) is 3.04. The number of halogens is 1. The highest BCUT2D eigenvalue weighted by Crippen LogP contribution is 2.23. The van der Waals surface area contributed by atoms with Gasteiger partial charge in [0.1, 0.15) is 11.6 Å². The monoisotopic (exact) mass is 192 g/mol. The Morgan fingerprint density at radius 3 is 2.71 bits per heavy atom. The summed E-state index contributed by atoms with van der Waals surface area (Å²) in [5.41, 5.74) is 0.952. The number of phenolic OH excluding ortho intramolecular Hbond substituents is 1. The fraction of sp³-hybridized carbons (Fsp3) is 0.100. The quantitative estimate of drug-likeness (QED) is 0.749. The van der Waals surface area contributed by atoms with Gasteiger partial charge in [0.2, 0.25) is 0 Å². The molecule has 1 aromatic heterocycles. The van der Waals surface area contributed by atoms with Crippen LogP contribution in [-0.2, 0) is 7.05 Å². The molecule has 14 heavy (non-hydrogen) atoms. The van der Waals surface area contributed by atoms with Gasteiger partial charge in [0.25, 0.3) is 0 Å². The maximum Gasteiger partial charge on any atom is 0.136 e. The van der Waals surface area contributed by atoms with Crippen LogP contribution in [0.5, 0.6) is 5.75 Å². The number of hydrogen-bond acceptors (Lipinski definition) is 2. The molecule has 0 aliphatic heterocycles. The Kier molecular flexibility index (Phi) is 1.96. The van der Waals surface area contributed by atoms with Crippen LogP contribution >= 0.6 is 0 Å². The van der Waals surface area contributed by atoms with Gasteiger partial charge < -0.3 is 5.11 Å². The summed E-state index contributed by atoms with van der Waals surface area (Å²) < 4.78 is 14.9. The molecule has 72 valence electrons. The van der Waals surface area contributed by atoms with Crippen LogP contribution < -0.4 is 0 Å². The van der Waals surface area contributed by atoms with E-state index in [1.807, 2.05) is 0 Å². The van der Waals surface area contributed by atoms with Gasteiger partial charge in [-0.25, -0.2) is 4.39 Å². The zero-order valence-corrected chi connectivity index (χ0v) is 7.61. The maximum atomic E-state index is 13.3. The molecule has 0 atom stereocenters. The molecular weight excluding hydrogens is 183 g/mol. The lowest BCUT2D eigenvalue weighted by Crippen LogP contribution is -1.89. The zero-order valence-electron chi connectivity index (χ0n) is 7.61. The first-order valence-electron chi connectivity index (χ1n) is 4.15. The van der Waals surface area contributed by atoms with E-state index in [0.717, 1.165) is 6.07 Å². The van der Waals surface area contributed by atoms with Gasteiger partial charge >= 0.3 is 0 Å². The van der Waals surface area contributed by atoms with Crippen molar-refractivity contribution in [2.24, 2.45) is 7.05 Å². The van der Waals surface area contributed by atoms with E-state index in [9.17, 15) is 4.39 Å². The van der Waals surface area contributed by atoms with Gasteiger partial charge in [0, 0.05) is 24.9 Å². The van der Waals surface area contributed by atoms with Crippen LogP contribution in [-0.4, -0.2) is 14.9 Å². The molecule has 0 bridgehead atoms. The second kappa shape index (κ2) is 3.14. The topological polar surface area (TPSA) is 38.0 Å². The van der Waals surface area contributed by atoms with Crippen LogP contribution in [0.1, 0.15) is 0 Å². The van der Waals surface area contributed by atoms with Crippen molar-refractivity contribution in [3.05, 3.63) is 36.3 Å². The maximum absolute atomic E-state index is 13.3. The summed E-state index contributed by atoms with van der Waals surface area (Å²) >= 11 is 0. The van der Waals surface area contributed by atoms with E-state index in [2.05, 4.69) is 5.10 Å². The minimum Gasteiger partial charge on any atom is -0.508 e. The van der Waals surface area contributed by atoms with Crippen molar-refractivity contribution >= 4 is 0 Å². The molecule has 1 N–H and O–H groups in total. The molecule has 0 saturated carbocycles. The van der Waals surface area contributed by atoms with E-state index in [1.54, 1.807) is 24.0 Å². The van der Waals surface area contributed by atoms with Crippen molar-refractivity contribution in [2.45, 2.75) is 0 Å². The van der Waals surface area contributed by atoms with Crippen LogP contribution in [0.2, 0.25) is 0 Å². The lowest BCUT2D eigenvalue weighted by molar-refractivity contribution is 0.469. The number of rotatable bonds is 1. The molecule has 0 amide bonds. The number of aromatic hydroxyl groups is 1. The van der Waals surface area contributed by atoms with Gasteiger partial charge in [-0.2, -0.15) is 5.10 Å². The number of hydrogen-bond donors (Lipinski definition) is 1. The molecule has 0 saturated heterocycles. The average Bonchev–Trinajstić information content (AvgIpc) is 2.51. The normalized spacial score (nSPS) is 10.4. The van der Waals surface area contributed by atoms with Crippen LogP contribution in [0, 0.1) is 5.82 Å². The molecule has 2 aromatic rings. The highest BCUT2D eigenvalue weighted by atomic mass is 19.1. The summed E-state index contributed by atoms with van der Waals surface area (Å²) in [7, 11) is 1.77. The zero-order chi connectivity index (χ0) is 10.1. The highest BCUT2D eigenvalue weighted by molar-refractivity contribution is 5.60. The summed E-state index contributed by atoms with van der Waals surface area (Å²) in [4.78, 5) is 0. The molecule has 0 aliphatic rings. The molecule has 1 aromatic carbocycles. The predicted molar refractivity (Wildman–Crippen MR) is 50.3 cm³/mol. The summed E-state index contributed by atoms with van der Waals surface area (Å²) in [6.45, 7) is 0. The van der Waals surface area contributed by atoms with Gasteiger partial charge in [-0.05, 0) is 18.2 Å². The second-order valence-electron chi connectivity index (χ2n) is 3.04. The Labute approximate surface area is 80.4 Å². The van der Waals surface area contributed by atoms with E-state index in [-0.39, 0.29) is 5.75 Å². The standard InChI is InChI=1S/C10H9FN2O/c1-13-5-4-10(12-13)8-3-2-7(14)6-9(8)11/h2-6,14H,1H3. The van der Waals surface area contributed by atoms with Gasteiger partial charge in [0.05, 0.1) is 5.69 Å². The first kappa shape index (κ1) is 8.74. The van der Waals surface area contributed by atoms with Gasteiger partial charge in [-0.1, -0.05) is 0 Å². The fourth-order valence-electron chi connectivity index (χ4n) is 1.27. The predicted octanol–water partition coefficient (Wildman–Crippen LogP) is 1.93. The molecule has 0 spiro atoms. The van der Waals surface area contributed by atoms with Gasteiger partial charge in [0.15, 0.2) is 0 Å². The third-order valence-corrected chi connectivity index (χ3v) is 1.94. The molecule has 0 fully saturated rings. The number of aryl methyl sites for hydroxylation is 1. The molecule has 0 radical (unpaired) electrons. The minimum atomic E-state index is -0.469. The largest absolute Gasteiger partial charge is 0.508 e. The van der Waals surface area contributed by atoms with Gasteiger partial charge in [-0.15, -0.1) is 0 Å². The molecule has 2 rings (SSSR count). The SMILES string of the molecule is Cn1ccc(-c2ccc(O)cc2F)n1. The van der Waals surface area contributed by atoms with Gasteiger partial charge in [-0.3, -0.25) is 4.68 Å². The third kappa shape index (κ3) is 1.46. The summed E-state index contributed by atoms with van der Waals surface area (Å²) in [6.07, 6.45) is 1.74. The van der Waals surface area contributed by atoms with E-state index in [4.69, 9.17) is 5.11 Å². The van der Waals surface area contributed by atoms with Crippen LogP contribution in [0.3, 0.4) is 0 Å². The lowest BCUT2D eigenvalue weighted by Gasteiger charge is -1.99. The van der Waals surface area contributed by atoms with Crippen molar-refractivity contribution in [3.63, 3.8) is 0 Å². The average molecular weight is 192 g/mol. The van der Waals surface area contributed by atoms with Crippen LogP contribution in [0.25, 0.3) is 11.3 Å². The molecular formula is C10H9FN2O. The number of phenols is 1. The fourth-order valence-corrected chi connectivity index (χ4v) is 1.27. The lowest BCUT2D eigenvalue weighted by atomic mass is 10.1. The summed E-state index contributed by atoms with van der Waals surface area (Å²) in [6, 6.07) is 5.74. The Balaban J connectivity index is 2.52. The Morgan fingerprint density at radius 2 is 2.14 bits per heavy atom. The molecule has 0 unspecified atom stereocenters. The highest BCUT2D eigenvalue weighted by Gasteiger charge is 2.07. The Morgan fingerprint density at radius 1 is 1.36 bits per heavy atom. The molecule has 4 heteroatoms. The van der Waals surface area contributed by atoms with E-state index >= 15 is 0 Å². The molecule has 1 heterocycles. The van der Waals surface area contributed by atoms with E-state index < -0.39 is 5.82 Å². The van der Waals surface area contributed by atoms with Crippen molar-refractivity contribution in [2.75, 3.05) is 0 Å². The third-order valence-electron chi connectivity index (χ3n) is 1.94.